The average molecular weight is 611 g/mol. The molecule has 0 unspecified atom stereocenters. The molecule has 3 aliphatic heterocycles. The lowest BCUT2D eigenvalue weighted by Gasteiger charge is -2.27. The standard InChI is InChI=1S/C34H32F2N6O3/c1-4-24-27(35)11-10-20-7-5-8-25(29(20)24)31-30(36)32-26(16-37-31)33(39-34(38-32)44-3)40(2)21-12-14-42(17-21)28(43)9-6-13-41-18-23-15-22(41)19-45-23/h1,5-11,16,21-23H,12-15,17-19H2,2-3H3/b9-6+/t21-,22-,23-/m1/s1. The Balaban J connectivity index is 1.16. The number of nitrogens with zero attached hydrogens (tertiary/aromatic N) is 6. The number of halogens is 2. The maximum absolute atomic E-state index is 16.4. The number of likely N-dealkylation sites (N-methyl/N-ethyl adjacent to an activating group) is 1. The van der Waals surface area contributed by atoms with Crippen molar-refractivity contribution in [3.63, 3.8) is 0 Å². The second-order valence-electron chi connectivity index (χ2n) is 11.7. The number of ether oxygens (including phenoxy) is 2. The van der Waals surface area contributed by atoms with Gasteiger partial charge in [-0.25, -0.2) is 8.78 Å². The number of pyridine rings is 1. The van der Waals surface area contributed by atoms with E-state index in [0.717, 1.165) is 26.1 Å². The molecule has 11 heteroatoms. The molecule has 7 rings (SSSR count). The van der Waals surface area contributed by atoms with Crippen LogP contribution in [0.15, 0.2) is 48.7 Å². The van der Waals surface area contributed by atoms with Gasteiger partial charge in [0.15, 0.2) is 5.82 Å². The maximum atomic E-state index is 16.4. The number of hydrogen-bond donors (Lipinski definition) is 0. The van der Waals surface area contributed by atoms with Crippen LogP contribution in [0.25, 0.3) is 32.9 Å². The predicted octanol–water partition coefficient (Wildman–Crippen LogP) is 4.18. The second-order valence-corrected chi connectivity index (χ2v) is 11.7. The average Bonchev–Trinajstić information content (AvgIpc) is 3.82. The number of terminal acetylenes is 1. The molecule has 3 fully saturated rings. The summed E-state index contributed by atoms with van der Waals surface area (Å²) in [5.41, 5.74) is 0.399. The first kappa shape index (κ1) is 29.1. The Hall–Kier alpha value is -4.66. The van der Waals surface area contributed by atoms with Gasteiger partial charge in [-0.15, -0.1) is 6.42 Å². The summed E-state index contributed by atoms with van der Waals surface area (Å²) >= 11 is 0. The van der Waals surface area contributed by atoms with Crippen molar-refractivity contribution in [1.29, 1.82) is 0 Å². The summed E-state index contributed by atoms with van der Waals surface area (Å²) in [6, 6.07) is 8.46. The van der Waals surface area contributed by atoms with E-state index in [2.05, 4.69) is 25.8 Å². The monoisotopic (exact) mass is 610 g/mol. The molecule has 0 radical (unpaired) electrons. The number of anilines is 1. The molecular formula is C34H32F2N6O3. The van der Waals surface area contributed by atoms with Crippen LogP contribution in [-0.4, -0.2) is 95.8 Å². The van der Waals surface area contributed by atoms with E-state index >= 15 is 4.39 Å². The number of aromatic nitrogens is 3. The van der Waals surface area contributed by atoms with Crippen LogP contribution in [0.2, 0.25) is 0 Å². The zero-order valence-corrected chi connectivity index (χ0v) is 25.0. The smallest absolute Gasteiger partial charge is 0.318 e. The van der Waals surface area contributed by atoms with Crippen molar-refractivity contribution in [1.82, 2.24) is 24.8 Å². The minimum atomic E-state index is -0.700. The Morgan fingerprint density at radius 2 is 2.11 bits per heavy atom. The van der Waals surface area contributed by atoms with Crippen molar-refractivity contribution in [2.24, 2.45) is 0 Å². The van der Waals surface area contributed by atoms with Crippen molar-refractivity contribution in [3.8, 4) is 29.6 Å². The highest BCUT2D eigenvalue weighted by molar-refractivity contribution is 6.02. The van der Waals surface area contributed by atoms with Crippen molar-refractivity contribution >= 4 is 33.4 Å². The minimum Gasteiger partial charge on any atom is -0.467 e. The number of carbonyl (C=O) groups excluding carboxylic acids is 1. The highest BCUT2D eigenvalue weighted by Crippen LogP contribution is 2.37. The third-order valence-electron chi connectivity index (χ3n) is 9.19. The molecule has 0 N–H and O–H groups in total. The van der Waals surface area contributed by atoms with E-state index in [-0.39, 0.29) is 34.7 Å². The zero-order valence-electron chi connectivity index (χ0n) is 25.0. The van der Waals surface area contributed by atoms with Gasteiger partial charge in [0, 0.05) is 68.5 Å². The van der Waals surface area contributed by atoms with Crippen LogP contribution in [0.3, 0.4) is 0 Å². The number of carbonyl (C=O) groups is 1. The highest BCUT2D eigenvalue weighted by Gasteiger charge is 2.38. The number of methoxy groups -OCH3 is 1. The molecule has 0 saturated carbocycles. The lowest BCUT2D eigenvalue weighted by atomic mass is 9.96. The maximum Gasteiger partial charge on any atom is 0.318 e. The van der Waals surface area contributed by atoms with Crippen LogP contribution in [0.1, 0.15) is 18.4 Å². The Kier molecular flexibility index (Phi) is 7.55. The molecule has 4 aromatic rings. The molecule has 3 aliphatic rings. The topological polar surface area (TPSA) is 83.9 Å². The fraction of sp³-hybridized carbons (Fsp3) is 0.353. The Morgan fingerprint density at radius 3 is 2.87 bits per heavy atom. The highest BCUT2D eigenvalue weighted by atomic mass is 19.1. The first-order chi connectivity index (χ1) is 21.9. The summed E-state index contributed by atoms with van der Waals surface area (Å²) in [6.07, 6.45) is 12.9. The van der Waals surface area contributed by atoms with Crippen LogP contribution < -0.4 is 9.64 Å². The molecule has 45 heavy (non-hydrogen) atoms. The van der Waals surface area contributed by atoms with Crippen LogP contribution in [-0.2, 0) is 9.53 Å². The lowest BCUT2D eigenvalue weighted by molar-refractivity contribution is -0.125. The van der Waals surface area contributed by atoms with E-state index in [4.69, 9.17) is 15.9 Å². The quantitative estimate of drug-likeness (QED) is 0.228. The first-order valence-corrected chi connectivity index (χ1v) is 15.0. The number of fused-ring (bicyclic) bond motifs is 4. The van der Waals surface area contributed by atoms with Crippen LogP contribution in [0, 0.1) is 24.0 Å². The molecule has 2 aromatic heterocycles. The third kappa shape index (κ3) is 5.14. The van der Waals surface area contributed by atoms with E-state index in [0.29, 0.717) is 59.2 Å². The fourth-order valence-corrected chi connectivity index (χ4v) is 6.79. The number of benzene rings is 2. The fourth-order valence-electron chi connectivity index (χ4n) is 6.79. The van der Waals surface area contributed by atoms with Gasteiger partial charge in [0.05, 0.1) is 30.8 Å². The summed E-state index contributed by atoms with van der Waals surface area (Å²) in [5, 5.41) is 1.45. The van der Waals surface area contributed by atoms with E-state index in [1.807, 2.05) is 22.9 Å². The Labute approximate surface area is 259 Å². The second kappa shape index (κ2) is 11.7. The van der Waals surface area contributed by atoms with Gasteiger partial charge in [0.25, 0.3) is 0 Å². The van der Waals surface area contributed by atoms with Crippen molar-refractivity contribution in [2.45, 2.75) is 31.0 Å². The van der Waals surface area contributed by atoms with E-state index in [9.17, 15) is 9.18 Å². The lowest BCUT2D eigenvalue weighted by Crippen LogP contribution is -2.37. The molecule has 230 valence electrons. The molecule has 0 spiro atoms. The van der Waals surface area contributed by atoms with Gasteiger partial charge in [-0.3, -0.25) is 14.7 Å². The summed E-state index contributed by atoms with van der Waals surface area (Å²) in [7, 11) is 3.28. The predicted molar refractivity (Wildman–Crippen MR) is 167 cm³/mol. The molecular weight excluding hydrogens is 578 g/mol. The summed E-state index contributed by atoms with van der Waals surface area (Å²) in [4.78, 5) is 32.5. The molecule has 3 saturated heterocycles. The van der Waals surface area contributed by atoms with Crippen molar-refractivity contribution in [3.05, 3.63) is 65.9 Å². The van der Waals surface area contributed by atoms with Crippen molar-refractivity contribution < 1.29 is 23.0 Å². The van der Waals surface area contributed by atoms with Gasteiger partial charge in [-0.1, -0.05) is 36.3 Å². The van der Waals surface area contributed by atoms with Crippen molar-refractivity contribution in [2.75, 3.05) is 51.8 Å². The molecule has 2 bridgehead atoms. The van der Waals surface area contributed by atoms with E-state index < -0.39 is 11.6 Å². The van der Waals surface area contributed by atoms with Gasteiger partial charge in [0.1, 0.15) is 22.8 Å². The normalized spacial score (nSPS) is 21.3. The summed E-state index contributed by atoms with van der Waals surface area (Å²) in [6.45, 7) is 3.50. The van der Waals surface area contributed by atoms with Gasteiger partial charge in [-0.2, -0.15) is 9.97 Å². The number of rotatable bonds is 7. The summed E-state index contributed by atoms with van der Waals surface area (Å²) in [5.74, 6) is 1.53. The number of likely N-dealkylation sites (tertiary alicyclic amines) is 2. The van der Waals surface area contributed by atoms with Crippen LogP contribution >= 0.6 is 0 Å². The molecule has 0 aliphatic carbocycles. The van der Waals surface area contributed by atoms with Gasteiger partial charge < -0.3 is 19.3 Å². The molecule has 2 aromatic carbocycles. The molecule has 5 heterocycles. The Morgan fingerprint density at radius 1 is 1.24 bits per heavy atom. The number of hydrogen-bond acceptors (Lipinski definition) is 8. The van der Waals surface area contributed by atoms with Gasteiger partial charge >= 0.3 is 6.01 Å². The van der Waals surface area contributed by atoms with Crippen LogP contribution in [0.4, 0.5) is 14.6 Å². The first-order valence-electron chi connectivity index (χ1n) is 15.0. The minimum absolute atomic E-state index is 0.0106. The molecule has 9 nitrogen and oxygen atoms in total. The molecule has 3 atom stereocenters. The number of morpholine rings is 1. The molecule has 1 amide bonds. The van der Waals surface area contributed by atoms with Gasteiger partial charge in [-0.05, 0) is 24.3 Å². The Bertz CT molecular complexity index is 1890. The SMILES string of the molecule is C#Cc1c(F)ccc2cccc(-c3ncc4c(N(C)[C@@H]5CCN(C(=O)/C=C/CN6C[C@H]7C[C@@H]6CO7)C5)nc(OC)nc4c3F)c12. The largest absolute Gasteiger partial charge is 0.467 e. The van der Waals surface area contributed by atoms with E-state index in [1.165, 1.54) is 19.4 Å². The van der Waals surface area contributed by atoms with Gasteiger partial charge in [0.2, 0.25) is 5.91 Å². The van der Waals surface area contributed by atoms with E-state index in [1.54, 1.807) is 30.3 Å². The van der Waals surface area contributed by atoms with Crippen LogP contribution in [0.5, 0.6) is 6.01 Å². The number of amides is 1. The summed E-state index contributed by atoms with van der Waals surface area (Å²) < 4.78 is 42.0. The third-order valence-corrected chi connectivity index (χ3v) is 9.19. The zero-order chi connectivity index (χ0) is 31.2.